The van der Waals surface area contributed by atoms with Crippen molar-refractivity contribution in [2.75, 3.05) is 0 Å². The van der Waals surface area contributed by atoms with E-state index in [-0.39, 0.29) is 30.5 Å². The van der Waals surface area contributed by atoms with Crippen LogP contribution in [-0.2, 0) is 9.59 Å². The summed E-state index contributed by atoms with van der Waals surface area (Å²) in [6.45, 7) is 2.02. The molecule has 0 aromatic heterocycles. The molecule has 1 rings (SSSR count). The predicted molar refractivity (Wildman–Crippen MR) is 87.9 cm³/mol. The van der Waals surface area contributed by atoms with E-state index in [1.807, 2.05) is 19.1 Å². The fourth-order valence-electron chi connectivity index (χ4n) is 2.98. The van der Waals surface area contributed by atoms with Crippen molar-refractivity contribution in [3.05, 3.63) is 24.3 Å². The lowest BCUT2D eigenvalue weighted by molar-refractivity contribution is -0.137. The van der Waals surface area contributed by atoms with Gasteiger partial charge in [0.15, 0.2) is 0 Å². The second kappa shape index (κ2) is 10.3. The zero-order valence-electron chi connectivity index (χ0n) is 13.7. The number of aliphatic hydroxyl groups excluding tert-OH is 2. The number of carboxylic acids is 1. The summed E-state index contributed by atoms with van der Waals surface area (Å²) in [5.41, 5.74) is 0. The number of hydrogen-bond donors (Lipinski definition) is 3. The highest BCUT2D eigenvalue weighted by Crippen LogP contribution is 2.34. The summed E-state index contributed by atoms with van der Waals surface area (Å²) >= 11 is 0. The maximum atomic E-state index is 12.0. The molecule has 130 valence electrons. The average molecular weight is 324 g/mol. The number of carbonyl (C=O) groups is 2. The molecule has 0 amide bonds. The predicted octanol–water partition coefficient (Wildman–Crippen LogP) is 2.47. The van der Waals surface area contributed by atoms with E-state index >= 15 is 0 Å². The van der Waals surface area contributed by atoms with Gasteiger partial charge in [-0.25, -0.2) is 0 Å². The number of rotatable bonds is 10. The molecule has 5 nitrogen and oxygen atoms in total. The molecule has 3 N–H and O–H groups in total. The quantitative estimate of drug-likeness (QED) is 0.424. The minimum Gasteiger partial charge on any atom is -0.481 e. The number of ketones is 1. The second-order valence-electron chi connectivity index (χ2n) is 6.13. The molecule has 1 aliphatic rings. The van der Waals surface area contributed by atoms with Crippen LogP contribution in [0.5, 0.6) is 0 Å². The number of allylic oxidation sites excluding steroid dienone is 2. The molecule has 1 aliphatic carbocycles. The molecule has 1 saturated carbocycles. The summed E-state index contributed by atoms with van der Waals surface area (Å²) in [5.74, 6) is -1.38. The molecule has 1 fully saturated rings. The van der Waals surface area contributed by atoms with Crippen LogP contribution in [0, 0.1) is 11.8 Å². The molecule has 4 atom stereocenters. The van der Waals surface area contributed by atoms with Crippen LogP contribution < -0.4 is 0 Å². The van der Waals surface area contributed by atoms with E-state index in [0.717, 1.165) is 6.42 Å². The first-order valence-corrected chi connectivity index (χ1v) is 8.39. The van der Waals surface area contributed by atoms with Gasteiger partial charge in [0.2, 0.25) is 0 Å². The van der Waals surface area contributed by atoms with Crippen LogP contribution in [0.1, 0.15) is 51.9 Å². The molecule has 0 saturated heterocycles. The van der Waals surface area contributed by atoms with Crippen molar-refractivity contribution >= 4 is 11.8 Å². The van der Waals surface area contributed by atoms with Crippen LogP contribution in [0.2, 0.25) is 0 Å². The molecule has 0 bridgehead atoms. The molecular weight excluding hydrogens is 296 g/mol. The molecule has 5 heteroatoms. The molecule has 0 heterocycles. The maximum Gasteiger partial charge on any atom is 0.303 e. The zero-order chi connectivity index (χ0) is 17.2. The van der Waals surface area contributed by atoms with Gasteiger partial charge in [-0.2, -0.15) is 0 Å². The van der Waals surface area contributed by atoms with Crippen LogP contribution in [0.3, 0.4) is 0 Å². The summed E-state index contributed by atoms with van der Waals surface area (Å²) in [5, 5.41) is 28.5. The summed E-state index contributed by atoms with van der Waals surface area (Å²) in [4.78, 5) is 22.5. The van der Waals surface area contributed by atoms with Gasteiger partial charge in [-0.1, -0.05) is 37.6 Å². The van der Waals surface area contributed by atoms with Crippen LogP contribution in [0.25, 0.3) is 0 Å². The van der Waals surface area contributed by atoms with Gasteiger partial charge in [-0.3, -0.25) is 9.59 Å². The Kier molecular flexibility index (Phi) is 8.81. The number of hydrogen-bond acceptors (Lipinski definition) is 4. The number of carbonyl (C=O) groups excluding carboxylic acids is 1. The maximum absolute atomic E-state index is 12.0. The normalized spacial score (nSPS) is 26.4. The monoisotopic (exact) mass is 324 g/mol. The molecule has 0 radical (unpaired) electrons. The van der Waals surface area contributed by atoms with E-state index in [2.05, 4.69) is 0 Å². The smallest absolute Gasteiger partial charge is 0.303 e. The highest BCUT2D eigenvalue weighted by Gasteiger charge is 2.39. The Balaban J connectivity index is 2.53. The topological polar surface area (TPSA) is 94.8 Å². The molecule has 0 aromatic carbocycles. The van der Waals surface area contributed by atoms with Gasteiger partial charge in [0, 0.05) is 18.8 Å². The Morgan fingerprint density at radius 3 is 2.74 bits per heavy atom. The number of unbranched alkanes of at least 4 members (excludes halogenated alkanes) is 1. The standard InChI is InChI=1S/C18H28O5/c1-2-3-4-7-13(19)10-11-15-14(16(20)12-17(15)21)8-5-6-9-18(22)23/h3-4,10-11,13-16,19-20H,2,5-9,12H2,1H3,(H,22,23)/b4-3-,11-10+/t13-,14+,15-,16-/m1/s1. The number of Topliss-reactive ketones (excluding diaryl/α,β-unsaturated/α-hetero) is 1. The Bertz CT molecular complexity index is 441. The van der Waals surface area contributed by atoms with Crippen LogP contribution >= 0.6 is 0 Å². The lowest BCUT2D eigenvalue weighted by Crippen LogP contribution is -2.19. The SMILES string of the molecule is CC/C=C\C[C@@H](O)/C=C/[C@H]1C(=O)C[C@@H](O)[C@H]1CCCCC(=O)O. The molecule has 23 heavy (non-hydrogen) atoms. The molecule has 0 aliphatic heterocycles. The third kappa shape index (κ3) is 7.10. The van der Waals surface area contributed by atoms with Gasteiger partial charge >= 0.3 is 5.97 Å². The summed E-state index contributed by atoms with van der Waals surface area (Å²) in [6, 6.07) is 0. The highest BCUT2D eigenvalue weighted by atomic mass is 16.4. The zero-order valence-corrected chi connectivity index (χ0v) is 13.7. The van der Waals surface area contributed by atoms with E-state index in [4.69, 9.17) is 5.11 Å². The van der Waals surface area contributed by atoms with Gasteiger partial charge in [-0.15, -0.1) is 0 Å². The highest BCUT2D eigenvalue weighted by molar-refractivity contribution is 5.85. The van der Waals surface area contributed by atoms with E-state index in [0.29, 0.717) is 25.7 Å². The van der Waals surface area contributed by atoms with E-state index in [1.54, 1.807) is 12.2 Å². The van der Waals surface area contributed by atoms with Crippen LogP contribution in [0.15, 0.2) is 24.3 Å². The lowest BCUT2D eigenvalue weighted by atomic mass is 9.88. The third-order valence-corrected chi connectivity index (χ3v) is 4.24. The van der Waals surface area contributed by atoms with Gasteiger partial charge in [0.1, 0.15) is 5.78 Å². The van der Waals surface area contributed by atoms with Gasteiger partial charge < -0.3 is 15.3 Å². The second-order valence-corrected chi connectivity index (χ2v) is 6.13. The van der Waals surface area contributed by atoms with Crippen molar-refractivity contribution in [2.45, 2.75) is 64.1 Å². The summed E-state index contributed by atoms with van der Waals surface area (Å²) in [7, 11) is 0. The van der Waals surface area contributed by atoms with Crippen molar-refractivity contribution in [1.29, 1.82) is 0 Å². The van der Waals surface area contributed by atoms with E-state index < -0.39 is 18.2 Å². The Hall–Kier alpha value is -1.46. The Labute approximate surface area is 137 Å². The third-order valence-electron chi connectivity index (χ3n) is 4.24. The number of carboxylic acid groups (broad SMARTS) is 1. The molecule has 0 aromatic rings. The molecular formula is C18H28O5. The van der Waals surface area contributed by atoms with Gasteiger partial charge in [-0.05, 0) is 31.6 Å². The van der Waals surface area contributed by atoms with E-state index in [9.17, 15) is 19.8 Å². The summed E-state index contributed by atoms with van der Waals surface area (Å²) in [6.07, 6.45) is 9.47. The average Bonchev–Trinajstić information content (AvgIpc) is 2.75. The van der Waals surface area contributed by atoms with Crippen molar-refractivity contribution in [3.63, 3.8) is 0 Å². The van der Waals surface area contributed by atoms with Crippen molar-refractivity contribution in [2.24, 2.45) is 11.8 Å². The fourth-order valence-corrected chi connectivity index (χ4v) is 2.98. The Morgan fingerprint density at radius 1 is 1.35 bits per heavy atom. The molecule has 0 unspecified atom stereocenters. The number of aliphatic hydroxyl groups is 2. The van der Waals surface area contributed by atoms with E-state index in [1.165, 1.54) is 0 Å². The largest absolute Gasteiger partial charge is 0.481 e. The lowest BCUT2D eigenvalue weighted by Gasteiger charge is -2.18. The van der Waals surface area contributed by atoms with Crippen molar-refractivity contribution in [1.82, 2.24) is 0 Å². The Morgan fingerprint density at radius 2 is 2.09 bits per heavy atom. The summed E-state index contributed by atoms with van der Waals surface area (Å²) < 4.78 is 0. The first kappa shape index (κ1) is 19.6. The minimum absolute atomic E-state index is 0.00622. The first-order valence-electron chi connectivity index (χ1n) is 8.39. The molecule has 0 spiro atoms. The first-order chi connectivity index (χ1) is 11.0. The number of aliphatic carboxylic acids is 1. The van der Waals surface area contributed by atoms with Crippen molar-refractivity contribution in [3.8, 4) is 0 Å². The fraction of sp³-hybridized carbons (Fsp3) is 0.667. The van der Waals surface area contributed by atoms with Crippen LogP contribution in [0.4, 0.5) is 0 Å². The minimum atomic E-state index is -0.826. The van der Waals surface area contributed by atoms with Gasteiger partial charge in [0.25, 0.3) is 0 Å². The van der Waals surface area contributed by atoms with Crippen molar-refractivity contribution < 1.29 is 24.9 Å². The van der Waals surface area contributed by atoms with Gasteiger partial charge in [0.05, 0.1) is 12.2 Å². The van der Waals surface area contributed by atoms with Crippen LogP contribution in [-0.4, -0.2) is 39.3 Å².